The topological polar surface area (TPSA) is 291 Å². The third-order valence-electron chi connectivity index (χ3n) is 9.39. The van der Waals surface area contributed by atoms with Crippen LogP contribution < -0.4 is 49.5 Å². The average molecular weight is 970 g/mol. The van der Waals surface area contributed by atoms with Crippen molar-refractivity contribution in [2.24, 2.45) is 38.8 Å². The number of halogens is 8. The quantitative estimate of drug-likeness (QED) is 0.0453. The molecule has 17 nitrogen and oxygen atoms in total. The maximum absolute atomic E-state index is 15.7. The Hall–Kier alpha value is -5.70. The minimum Gasteiger partial charge on any atom is -0.370 e. The summed E-state index contributed by atoms with van der Waals surface area (Å²) in [5.74, 6) is -27.3. The molecule has 5 rings (SSSR count). The molecule has 4 amide bonds. The maximum atomic E-state index is 15.7. The van der Waals surface area contributed by atoms with Gasteiger partial charge in [-0.1, -0.05) is 25.6 Å². The molecule has 65 heavy (non-hydrogen) atoms. The molecule has 0 fully saturated rings. The summed E-state index contributed by atoms with van der Waals surface area (Å²) in [6.07, 6.45) is -1.69. The first kappa shape index (κ1) is 53.6. The van der Waals surface area contributed by atoms with E-state index in [4.69, 9.17) is 22.9 Å². The molecule has 27 heteroatoms. The van der Waals surface area contributed by atoms with Gasteiger partial charge in [-0.15, -0.1) is 11.8 Å². The van der Waals surface area contributed by atoms with E-state index in [0.717, 1.165) is 7.05 Å². The Labute approximate surface area is 374 Å². The zero-order chi connectivity index (χ0) is 48.9. The number of likely N-dealkylation sites (N-methyl/N-ethyl adjacent to an activating group) is 1. The van der Waals surface area contributed by atoms with Gasteiger partial charge in [-0.25, -0.2) is 35.1 Å². The van der Waals surface area contributed by atoms with Crippen molar-refractivity contribution in [1.82, 2.24) is 26.6 Å². The Balaban J connectivity index is 2.23. The average Bonchev–Trinajstić information content (AvgIpc) is 3.25. The Morgan fingerprint density at radius 3 is 1.65 bits per heavy atom. The number of amides is 4. The van der Waals surface area contributed by atoms with E-state index in [9.17, 15) is 28.8 Å². The minimum atomic E-state index is -2.53. The van der Waals surface area contributed by atoms with Gasteiger partial charge in [-0.05, 0) is 32.7 Å². The number of hydrogen-bond donors (Lipinski definition) is 9. The third-order valence-corrected chi connectivity index (χ3v) is 11.8. The predicted molar refractivity (Wildman–Crippen MR) is 224 cm³/mol. The second kappa shape index (κ2) is 24.6. The minimum absolute atomic E-state index is 0.00794. The van der Waals surface area contributed by atoms with Crippen LogP contribution in [-0.4, -0.2) is 103 Å². The molecule has 3 aliphatic rings. The van der Waals surface area contributed by atoms with Gasteiger partial charge in [0.25, 0.3) is 0 Å². The fraction of sp³-hybridized carbons (Fsp3) is 0.474. The van der Waals surface area contributed by atoms with Crippen LogP contribution in [0.4, 0.5) is 35.1 Å². The van der Waals surface area contributed by atoms with E-state index in [-0.39, 0.29) is 74.2 Å². The van der Waals surface area contributed by atoms with Crippen LogP contribution in [0, 0.1) is 52.5 Å². The molecule has 4 unspecified atom stereocenters. The molecule has 13 N–H and O–H groups in total. The number of nitrogens with two attached hydrogens (primary N) is 4. The molecule has 0 spiro atoms. The molecule has 4 atom stereocenters. The van der Waals surface area contributed by atoms with Crippen LogP contribution in [0.1, 0.15) is 52.4 Å². The molecule has 358 valence electrons. The lowest BCUT2D eigenvalue weighted by atomic mass is 10.0. The van der Waals surface area contributed by atoms with Gasteiger partial charge in [0.2, 0.25) is 23.6 Å². The summed E-state index contributed by atoms with van der Waals surface area (Å²) >= 11 is -0.322. The van der Waals surface area contributed by atoms with Crippen molar-refractivity contribution in [2.75, 3.05) is 32.4 Å². The first-order chi connectivity index (χ1) is 30.5. The van der Waals surface area contributed by atoms with Crippen LogP contribution >= 0.6 is 23.5 Å². The molecular weight excluding hydrogens is 923 g/mol. The predicted octanol–water partition coefficient (Wildman–Crippen LogP) is 1.46. The van der Waals surface area contributed by atoms with E-state index in [0.29, 0.717) is 0 Å². The summed E-state index contributed by atoms with van der Waals surface area (Å²) in [5.41, 5.74) is 17.1. The Morgan fingerprint density at radius 2 is 1.17 bits per heavy atom. The summed E-state index contributed by atoms with van der Waals surface area (Å²) in [6, 6.07) is -4.84. The molecule has 2 aromatic carbocycles. The van der Waals surface area contributed by atoms with Crippen LogP contribution in [0.2, 0.25) is 0 Å². The largest absolute Gasteiger partial charge is 0.370 e. The number of Topliss-reactive ketones (excluding diaryl/α,β-unsaturated/α-hetero) is 2. The summed E-state index contributed by atoms with van der Waals surface area (Å²) < 4.78 is 125. The lowest BCUT2D eigenvalue weighted by molar-refractivity contribution is -0.132. The molecule has 0 saturated heterocycles. The van der Waals surface area contributed by atoms with Gasteiger partial charge in [0.1, 0.15) is 17.5 Å². The van der Waals surface area contributed by atoms with Crippen molar-refractivity contribution >= 4 is 70.6 Å². The summed E-state index contributed by atoms with van der Waals surface area (Å²) in [4.78, 5) is 84.3. The fourth-order valence-electron chi connectivity index (χ4n) is 5.89. The Morgan fingerprint density at radius 1 is 0.692 bits per heavy atom. The van der Waals surface area contributed by atoms with Crippen LogP contribution in [0.15, 0.2) is 19.8 Å². The van der Waals surface area contributed by atoms with Gasteiger partial charge < -0.3 is 49.5 Å². The number of fused-ring (bicyclic) bond motifs is 2. The monoisotopic (exact) mass is 969 g/mol. The molecule has 0 radical (unpaired) electrons. The van der Waals surface area contributed by atoms with Crippen LogP contribution in [0.3, 0.4) is 0 Å². The standard InChI is InChI=1S/C38H47F8N11O6S2/c1-14(2)19(59)12-54-33(61)17-13-64-31-27(43)23(39)21(24(40)28(31)44)22-25(41)29(45)32(30(46)26(22)42)65-36(51-3)35(63)57-16(7-5-11-53-38(49)50)34(62)56-15(6-4-10-52-37(47)48)18(58)8-9-20(60)55-17/h14-17,36,51H,4-13H2,1-3H3,(H,54,61)(H,55,60)(H,56,62)(H,57,63)(H4,47,48,52)(H4,49,50,53). The number of carbonyl (C=O) groups excluding carboxylic acids is 6. The zero-order valence-electron chi connectivity index (χ0n) is 35.0. The summed E-state index contributed by atoms with van der Waals surface area (Å²) in [5, 5.41) is 9.63. The summed E-state index contributed by atoms with van der Waals surface area (Å²) in [6.45, 7) is 2.28. The summed E-state index contributed by atoms with van der Waals surface area (Å²) in [7, 11) is 1.07. The number of nitrogens with one attached hydrogen (secondary N) is 5. The van der Waals surface area contributed by atoms with Crippen molar-refractivity contribution in [3.63, 3.8) is 0 Å². The highest BCUT2D eigenvalue weighted by Gasteiger charge is 2.37. The van der Waals surface area contributed by atoms with Crippen LogP contribution in [0.5, 0.6) is 0 Å². The van der Waals surface area contributed by atoms with Crippen molar-refractivity contribution in [3.05, 3.63) is 46.5 Å². The van der Waals surface area contributed by atoms with E-state index < -0.39 is 157 Å². The number of carbonyl (C=O) groups is 6. The molecular formula is C38H47F8N11O6S2. The Kier molecular flexibility index (Phi) is 20.3. The second-order valence-electron chi connectivity index (χ2n) is 14.5. The first-order valence-electron chi connectivity index (χ1n) is 19.5. The van der Waals surface area contributed by atoms with Crippen LogP contribution in [0.25, 0.3) is 11.1 Å². The van der Waals surface area contributed by atoms with Crippen molar-refractivity contribution < 1.29 is 63.9 Å². The van der Waals surface area contributed by atoms with Gasteiger partial charge >= 0.3 is 0 Å². The molecule has 3 aliphatic heterocycles. The SMILES string of the molecule is CNC1Sc2c(F)c(F)c(c(F)c2F)-c2c(F)c(F)c(c(F)c2F)SCC(C(=O)NCC(=O)C(C)C)NC(=O)CCC(=O)C(CCCN=C(N)N)NC(=O)C(CCCN=C(N)N)NC1=O. The molecule has 4 bridgehead atoms. The lowest BCUT2D eigenvalue weighted by Crippen LogP contribution is -2.54. The zero-order valence-corrected chi connectivity index (χ0v) is 36.6. The highest BCUT2D eigenvalue weighted by molar-refractivity contribution is 8.00. The van der Waals surface area contributed by atoms with E-state index in [1.54, 1.807) is 0 Å². The van der Waals surface area contributed by atoms with Gasteiger partial charge in [0.05, 0.1) is 33.5 Å². The van der Waals surface area contributed by atoms with E-state index in [1.165, 1.54) is 13.8 Å². The van der Waals surface area contributed by atoms with Gasteiger partial charge in [0, 0.05) is 37.6 Å². The number of rotatable bonds is 13. The van der Waals surface area contributed by atoms with Crippen molar-refractivity contribution in [3.8, 4) is 11.1 Å². The molecule has 0 aliphatic carbocycles. The number of nitrogens with zero attached hydrogens (tertiary/aromatic N) is 2. The van der Waals surface area contributed by atoms with Gasteiger partial charge in [0.15, 0.2) is 70.0 Å². The second-order valence-corrected chi connectivity index (χ2v) is 16.6. The smallest absolute Gasteiger partial charge is 0.248 e. The number of benzene rings is 2. The van der Waals surface area contributed by atoms with Crippen molar-refractivity contribution in [1.29, 1.82) is 0 Å². The highest BCUT2D eigenvalue weighted by Crippen LogP contribution is 2.42. The van der Waals surface area contributed by atoms with Crippen LogP contribution in [-0.2, 0) is 28.8 Å². The fourth-order valence-corrected chi connectivity index (χ4v) is 7.81. The number of aliphatic imine (C=N–C) groups is 2. The van der Waals surface area contributed by atoms with Crippen molar-refractivity contribution in [2.45, 2.75) is 85.7 Å². The van der Waals surface area contributed by atoms with Gasteiger partial charge in [-0.3, -0.25) is 38.8 Å². The third kappa shape index (κ3) is 14.4. The molecule has 0 saturated carbocycles. The Bertz CT molecular complexity index is 2160. The maximum Gasteiger partial charge on any atom is 0.248 e. The number of thioether (sulfide) groups is 2. The normalized spacial score (nSPS) is 19.0. The van der Waals surface area contributed by atoms with E-state index in [2.05, 4.69) is 36.6 Å². The molecule has 2 aromatic rings. The number of ketones is 2. The molecule has 0 aromatic heterocycles. The molecule has 3 heterocycles. The lowest BCUT2D eigenvalue weighted by Gasteiger charge is -2.25. The number of hydrogen-bond acceptors (Lipinski definition) is 11. The van der Waals surface area contributed by atoms with E-state index >= 15 is 35.1 Å². The highest BCUT2D eigenvalue weighted by atomic mass is 32.2. The van der Waals surface area contributed by atoms with Gasteiger partial charge in [-0.2, -0.15) is 0 Å². The van der Waals surface area contributed by atoms with E-state index in [1.807, 2.05) is 0 Å². The number of guanidine groups is 2. The first-order valence-corrected chi connectivity index (χ1v) is 21.4.